The maximum Gasteiger partial charge on any atom is 0.102 e. The zero-order valence-corrected chi connectivity index (χ0v) is 14.3. The van der Waals surface area contributed by atoms with Gasteiger partial charge in [0.05, 0.1) is 16.8 Å². The molecule has 0 spiro atoms. The van der Waals surface area contributed by atoms with E-state index < -0.39 is 0 Å². The number of nitrogen functional groups attached to an aromatic ring is 1. The summed E-state index contributed by atoms with van der Waals surface area (Å²) in [5, 5.41) is 19.9. The number of benzene rings is 3. The number of rotatable bonds is 2. The Kier molecular flexibility index (Phi) is 4.44. The van der Waals surface area contributed by atoms with Gasteiger partial charge in [-0.15, -0.1) is 0 Å². The second-order valence-corrected chi connectivity index (χ2v) is 6.02. The third kappa shape index (κ3) is 2.72. The molecule has 3 nitrogen and oxygen atoms in total. The van der Waals surface area contributed by atoms with Crippen molar-refractivity contribution in [2.75, 3.05) is 5.73 Å². The first kappa shape index (κ1) is 16.6. The van der Waals surface area contributed by atoms with Crippen molar-refractivity contribution in [3.8, 4) is 34.4 Å². The van der Waals surface area contributed by atoms with Gasteiger partial charge in [0.15, 0.2) is 0 Å². The summed E-state index contributed by atoms with van der Waals surface area (Å²) in [6.07, 6.45) is 0. The number of anilines is 1. The minimum absolute atomic E-state index is 0.185. The first-order valence-corrected chi connectivity index (χ1v) is 8.04. The SMILES string of the molecule is Cc1c(-c2ccccc2)c(C#N)c(N)c(C#N)c1-c1ccccc1Cl. The summed E-state index contributed by atoms with van der Waals surface area (Å²) in [5.41, 5.74) is 10.8. The van der Waals surface area contributed by atoms with Gasteiger partial charge in [0.1, 0.15) is 12.1 Å². The van der Waals surface area contributed by atoms with E-state index in [2.05, 4.69) is 12.1 Å². The van der Waals surface area contributed by atoms with Crippen LogP contribution in [0.3, 0.4) is 0 Å². The minimum Gasteiger partial charge on any atom is -0.397 e. The molecular weight excluding hydrogens is 330 g/mol. The van der Waals surface area contributed by atoms with Gasteiger partial charge in [-0.3, -0.25) is 0 Å². The molecule has 3 aromatic rings. The number of nitrogens with two attached hydrogens (primary N) is 1. The highest BCUT2D eigenvalue weighted by molar-refractivity contribution is 6.33. The van der Waals surface area contributed by atoms with E-state index in [1.54, 1.807) is 6.07 Å². The van der Waals surface area contributed by atoms with Crippen molar-refractivity contribution in [3.63, 3.8) is 0 Å². The number of hydrogen-bond acceptors (Lipinski definition) is 3. The van der Waals surface area contributed by atoms with Crippen molar-refractivity contribution in [2.45, 2.75) is 6.92 Å². The van der Waals surface area contributed by atoms with E-state index in [0.717, 1.165) is 22.3 Å². The molecule has 3 rings (SSSR count). The topological polar surface area (TPSA) is 73.6 Å². The van der Waals surface area contributed by atoms with Gasteiger partial charge in [0.2, 0.25) is 0 Å². The van der Waals surface area contributed by atoms with E-state index >= 15 is 0 Å². The summed E-state index contributed by atoms with van der Waals surface area (Å²) in [6, 6.07) is 21.2. The summed E-state index contributed by atoms with van der Waals surface area (Å²) < 4.78 is 0. The molecule has 0 bridgehead atoms. The predicted octanol–water partition coefficient (Wildman–Crippen LogP) is 5.31. The van der Waals surface area contributed by atoms with Crippen LogP contribution < -0.4 is 5.73 Å². The van der Waals surface area contributed by atoms with Gasteiger partial charge in [0.25, 0.3) is 0 Å². The first-order chi connectivity index (χ1) is 12.1. The molecular formula is C21H14ClN3. The molecule has 0 atom stereocenters. The van der Waals surface area contributed by atoms with Gasteiger partial charge in [-0.05, 0) is 24.1 Å². The standard InChI is InChI=1S/C21H14ClN3/c1-13-19(14-7-3-2-4-8-14)16(11-23)21(25)17(12-24)20(13)15-9-5-6-10-18(15)22/h2-10H,25H2,1H3. The summed E-state index contributed by atoms with van der Waals surface area (Å²) in [7, 11) is 0. The second-order valence-electron chi connectivity index (χ2n) is 5.61. The molecule has 120 valence electrons. The van der Waals surface area contributed by atoms with E-state index in [9.17, 15) is 10.5 Å². The second kappa shape index (κ2) is 6.69. The zero-order chi connectivity index (χ0) is 18.0. The maximum atomic E-state index is 9.67. The lowest BCUT2D eigenvalue weighted by molar-refractivity contribution is 1.38. The van der Waals surface area contributed by atoms with Crippen LogP contribution in [0.15, 0.2) is 54.6 Å². The van der Waals surface area contributed by atoms with Crippen LogP contribution >= 0.6 is 11.6 Å². The normalized spacial score (nSPS) is 10.1. The van der Waals surface area contributed by atoms with Crippen LogP contribution in [-0.2, 0) is 0 Å². The number of hydrogen-bond donors (Lipinski definition) is 1. The van der Waals surface area contributed by atoms with E-state index in [0.29, 0.717) is 16.1 Å². The summed E-state index contributed by atoms with van der Waals surface area (Å²) in [6.45, 7) is 1.89. The lowest BCUT2D eigenvalue weighted by Crippen LogP contribution is -2.04. The van der Waals surface area contributed by atoms with Crippen LogP contribution in [-0.4, -0.2) is 0 Å². The number of halogens is 1. The van der Waals surface area contributed by atoms with E-state index in [1.807, 2.05) is 55.5 Å². The largest absolute Gasteiger partial charge is 0.397 e. The Morgan fingerprint density at radius 3 is 2.00 bits per heavy atom. The Hall–Kier alpha value is -3.27. The van der Waals surface area contributed by atoms with Crippen molar-refractivity contribution in [1.82, 2.24) is 0 Å². The molecule has 0 aliphatic carbocycles. The zero-order valence-electron chi connectivity index (χ0n) is 13.5. The number of nitrogens with zero attached hydrogens (tertiary/aromatic N) is 2. The fourth-order valence-electron chi connectivity index (χ4n) is 3.09. The molecule has 3 aromatic carbocycles. The molecule has 0 heterocycles. The van der Waals surface area contributed by atoms with Crippen molar-refractivity contribution < 1.29 is 0 Å². The van der Waals surface area contributed by atoms with Crippen LogP contribution in [0, 0.1) is 29.6 Å². The monoisotopic (exact) mass is 343 g/mol. The lowest BCUT2D eigenvalue weighted by atomic mass is 9.85. The van der Waals surface area contributed by atoms with Crippen molar-refractivity contribution >= 4 is 17.3 Å². The van der Waals surface area contributed by atoms with Crippen LogP contribution in [0.2, 0.25) is 5.02 Å². The van der Waals surface area contributed by atoms with Crippen molar-refractivity contribution in [2.24, 2.45) is 0 Å². The molecule has 0 saturated heterocycles. The summed E-state index contributed by atoms with van der Waals surface area (Å²) in [4.78, 5) is 0. The van der Waals surface area contributed by atoms with Crippen LogP contribution in [0.25, 0.3) is 22.3 Å². The van der Waals surface area contributed by atoms with E-state index in [-0.39, 0.29) is 11.3 Å². The highest BCUT2D eigenvalue weighted by atomic mass is 35.5. The molecule has 0 aliphatic rings. The molecule has 0 amide bonds. The molecule has 2 N–H and O–H groups in total. The van der Waals surface area contributed by atoms with Crippen LogP contribution in [0.4, 0.5) is 5.69 Å². The van der Waals surface area contributed by atoms with E-state index in [4.69, 9.17) is 17.3 Å². The Morgan fingerprint density at radius 2 is 1.40 bits per heavy atom. The molecule has 0 fully saturated rings. The average molecular weight is 344 g/mol. The Labute approximate surface area is 151 Å². The Morgan fingerprint density at radius 1 is 0.840 bits per heavy atom. The molecule has 4 heteroatoms. The third-order valence-corrected chi connectivity index (χ3v) is 4.55. The number of nitriles is 2. The fraction of sp³-hybridized carbons (Fsp3) is 0.0476. The maximum absolute atomic E-state index is 9.67. The van der Waals surface area contributed by atoms with E-state index in [1.165, 1.54) is 0 Å². The van der Waals surface area contributed by atoms with Gasteiger partial charge in [-0.1, -0.05) is 60.1 Å². The fourth-order valence-corrected chi connectivity index (χ4v) is 3.32. The van der Waals surface area contributed by atoms with Gasteiger partial charge < -0.3 is 5.73 Å². The van der Waals surface area contributed by atoms with Crippen molar-refractivity contribution in [3.05, 3.63) is 76.3 Å². The molecule has 25 heavy (non-hydrogen) atoms. The molecule has 0 saturated carbocycles. The van der Waals surface area contributed by atoms with Crippen LogP contribution in [0.5, 0.6) is 0 Å². The molecule has 0 radical (unpaired) electrons. The lowest BCUT2D eigenvalue weighted by Gasteiger charge is -2.19. The first-order valence-electron chi connectivity index (χ1n) is 7.66. The minimum atomic E-state index is 0.185. The quantitative estimate of drug-likeness (QED) is 0.641. The molecule has 0 unspecified atom stereocenters. The Balaban J connectivity index is 2.50. The third-order valence-electron chi connectivity index (χ3n) is 4.22. The van der Waals surface area contributed by atoms with Gasteiger partial charge in [-0.2, -0.15) is 10.5 Å². The van der Waals surface area contributed by atoms with Gasteiger partial charge in [0, 0.05) is 21.7 Å². The van der Waals surface area contributed by atoms with Crippen molar-refractivity contribution in [1.29, 1.82) is 10.5 Å². The average Bonchev–Trinajstić information content (AvgIpc) is 2.64. The smallest absolute Gasteiger partial charge is 0.102 e. The highest BCUT2D eigenvalue weighted by Gasteiger charge is 2.23. The summed E-state index contributed by atoms with van der Waals surface area (Å²) >= 11 is 6.37. The molecule has 0 aromatic heterocycles. The Bertz CT molecular complexity index is 1040. The van der Waals surface area contributed by atoms with Gasteiger partial charge in [-0.25, -0.2) is 0 Å². The van der Waals surface area contributed by atoms with Crippen LogP contribution in [0.1, 0.15) is 16.7 Å². The molecule has 0 aliphatic heterocycles. The highest BCUT2D eigenvalue weighted by Crippen LogP contribution is 2.42. The summed E-state index contributed by atoms with van der Waals surface area (Å²) in [5.74, 6) is 0. The van der Waals surface area contributed by atoms with Gasteiger partial charge >= 0.3 is 0 Å². The predicted molar refractivity (Wildman–Crippen MR) is 101 cm³/mol.